The number of aromatic nitrogens is 2. The number of fused-ring (bicyclic) bond motifs is 8. The third-order valence-corrected chi connectivity index (χ3v) is 9.95. The highest BCUT2D eigenvalue weighted by atomic mass is 16.3. The highest BCUT2D eigenvalue weighted by Crippen LogP contribution is 2.65. The Morgan fingerprint density at radius 2 is 1.86 bits per heavy atom. The maximum absolute atomic E-state index is 10.7. The van der Waals surface area contributed by atoms with Gasteiger partial charge in [0.25, 0.3) is 0 Å². The molecule has 1 N–H and O–H groups in total. The molecule has 4 aliphatic rings. The van der Waals surface area contributed by atoms with Gasteiger partial charge in [0.05, 0.1) is 11.8 Å². The number of aryl methyl sites for hydroxylation is 1. The van der Waals surface area contributed by atoms with Gasteiger partial charge in [-0.3, -0.25) is 0 Å². The Labute approximate surface area is 168 Å². The minimum atomic E-state index is -0.0660. The first-order valence-corrected chi connectivity index (χ1v) is 11.5. The first kappa shape index (κ1) is 17.5. The predicted molar refractivity (Wildman–Crippen MR) is 111 cm³/mol. The van der Waals surface area contributed by atoms with Gasteiger partial charge < -0.3 is 9.51 Å². The van der Waals surface area contributed by atoms with Gasteiger partial charge >= 0.3 is 0 Å². The standard InChI is InChI=1S/C25H34N2O/c1-15-4-9-23-26-20-12-16-5-6-17-18-7-8-22(28)24(18,2)11-10-19(17)25(16,3)13-21(20)27(23)14-15/h4,9,14,16-19,22,28H,5-8,10-13H2,1-3H3/t16-,17-,18-,19-,22-,24-,25-/m0/s1. The number of hydrogen-bond acceptors (Lipinski definition) is 2. The molecule has 0 saturated heterocycles. The van der Waals surface area contributed by atoms with Crippen LogP contribution in [0.15, 0.2) is 18.3 Å². The first-order chi connectivity index (χ1) is 13.4. The van der Waals surface area contributed by atoms with Crippen LogP contribution in [0.1, 0.15) is 69.3 Å². The van der Waals surface area contributed by atoms with Crippen LogP contribution >= 0.6 is 0 Å². The fourth-order valence-electron chi connectivity index (χ4n) is 8.31. The van der Waals surface area contributed by atoms with Crippen molar-refractivity contribution in [3.63, 3.8) is 0 Å². The van der Waals surface area contributed by atoms with E-state index in [9.17, 15) is 5.11 Å². The maximum Gasteiger partial charge on any atom is 0.137 e. The van der Waals surface area contributed by atoms with Crippen molar-refractivity contribution in [1.29, 1.82) is 0 Å². The number of aliphatic hydroxyl groups is 1. The summed E-state index contributed by atoms with van der Waals surface area (Å²) in [7, 11) is 0. The van der Waals surface area contributed by atoms with Gasteiger partial charge in [-0.1, -0.05) is 19.9 Å². The predicted octanol–water partition coefficient (Wildman–Crippen LogP) is 4.96. The van der Waals surface area contributed by atoms with E-state index in [1.807, 2.05) is 0 Å². The van der Waals surface area contributed by atoms with Gasteiger partial charge in [-0.05, 0) is 104 Å². The van der Waals surface area contributed by atoms with Gasteiger partial charge in [0.1, 0.15) is 5.65 Å². The first-order valence-electron chi connectivity index (χ1n) is 11.5. The van der Waals surface area contributed by atoms with Crippen LogP contribution in [-0.2, 0) is 12.8 Å². The van der Waals surface area contributed by atoms with Crippen molar-refractivity contribution in [2.75, 3.05) is 0 Å². The maximum atomic E-state index is 10.7. The monoisotopic (exact) mass is 378 g/mol. The zero-order valence-corrected chi connectivity index (χ0v) is 17.6. The average Bonchev–Trinajstić information content (AvgIpc) is 3.16. The zero-order valence-electron chi connectivity index (χ0n) is 17.6. The third kappa shape index (κ3) is 2.12. The Bertz CT molecular complexity index is 947. The molecule has 3 heteroatoms. The van der Waals surface area contributed by atoms with E-state index in [-0.39, 0.29) is 11.5 Å². The molecule has 3 saturated carbocycles. The molecule has 2 aromatic rings. The van der Waals surface area contributed by atoms with Gasteiger partial charge in [-0.15, -0.1) is 0 Å². The summed E-state index contributed by atoms with van der Waals surface area (Å²) in [6.07, 6.45) is 12.1. The summed E-state index contributed by atoms with van der Waals surface area (Å²) in [5.41, 5.74) is 5.87. The number of hydrogen-bond donors (Lipinski definition) is 1. The van der Waals surface area contributed by atoms with Gasteiger partial charge in [0, 0.05) is 11.9 Å². The topological polar surface area (TPSA) is 37.5 Å². The van der Waals surface area contributed by atoms with Crippen LogP contribution in [0.25, 0.3) is 5.65 Å². The average molecular weight is 379 g/mol. The SMILES string of the molecule is Cc1ccc2nc3c(n2c1)C[C@@]1(C)[C@@H](CC[C@@H]2[C@@H]1CC[C@]1(C)[C@@H](O)CC[C@@H]21)C3. The fourth-order valence-corrected chi connectivity index (χ4v) is 8.31. The lowest BCUT2D eigenvalue weighted by Gasteiger charge is -2.59. The molecule has 0 amide bonds. The van der Waals surface area contributed by atoms with Crippen molar-refractivity contribution in [3.8, 4) is 0 Å². The minimum absolute atomic E-state index is 0.0660. The van der Waals surface area contributed by atoms with Crippen molar-refractivity contribution in [2.24, 2.45) is 34.5 Å². The van der Waals surface area contributed by atoms with E-state index >= 15 is 0 Å². The summed E-state index contributed by atoms with van der Waals surface area (Å²) in [4.78, 5) is 5.02. The lowest BCUT2D eigenvalue weighted by Crippen LogP contribution is -2.54. The molecule has 2 heterocycles. The molecule has 3 fully saturated rings. The van der Waals surface area contributed by atoms with E-state index in [4.69, 9.17) is 4.98 Å². The lowest BCUT2D eigenvalue weighted by molar-refractivity contribution is -0.111. The van der Waals surface area contributed by atoms with Gasteiger partial charge in [-0.25, -0.2) is 4.98 Å². The molecule has 150 valence electrons. The number of aliphatic hydroxyl groups excluding tert-OH is 1. The second-order valence-corrected chi connectivity index (χ2v) is 11.1. The molecule has 7 atom stereocenters. The minimum Gasteiger partial charge on any atom is -0.393 e. The van der Waals surface area contributed by atoms with Crippen molar-refractivity contribution >= 4 is 5.65 Å². The van der Waals surface area contributed by atoms with Gasteiger partial charge in [0.2, 0.25) is 0 Å². The molecule has 0 unspecified atom stereocenters. The third-order valence-electron chi connectivity index (χ3n) is 9.95. The Kier molecular flexibility index (Phi) is 3.51. The molecule has 0 radical (unpaired) electrons. The van der Waals surface area contributed by atoms with Crippen molar-refractivity contribution in [2.45, 2.75) is 78.2 Å². The Morgan fingerprint density at radius 3 is 2.71 bits per heavy atom. The normalized spacial score (nSPS) is 44.6. The van der Waals surface area contributed by atoms with E-state index in [0.717, 1.165) is 35.7 Å². The van der Waals surface area contributed by atoms with Crippen LogP contribution < -0.4 is 0 Å². The van der Waals surface area contributed by atoms with Crippen LogP contribution in [0.3, 0.4) is 0 Å². The second-order valence-electron chi connectivity index (χ2n) is 11.1. The summed E-state index contributed by atoms with van der Waals surface area (Å²) in [6.45, 7) is 7.19. The van der Waals surface area contributed by atoms with Crippen LogP contribution in [0.4, 0.5) is 0 Å². The second kappa shape index (κ2) is 5.62. The molecule has 0 aromatic carbocycles. The molecule has 4 aliphatic carbocycles. The van der Waals surface area contributed by atoms with Crippen LogP contribution in [0.2, 0.25) is 0 Å². The van der Waals surface area contributed by atoms with E-state index in [1.165, 1.54) is 61.9 Å². The Morgan fingerprint density at radius 1 is 1.04 bits per heavy atom. The highest BCUT2D eigenvalue weighted by Gasteiger charge is 2.60. The van der Waals surface area contributed by atoms with Crippen LogP contribution in [-0.4, -0.2) is 20.6 Å². The molecule has 3 nitrogen and oxygen atoms in total. The van der Waals surface area contributed by atoms with Gasteiger partial charge in [0.15, 0.2) is 0 Å². The molecule has 0 spiro atoms. The van der Waals surface area contributed by atoms with Gasteiger partial charge in [-0.2, -0.15) is 0 Å². The molecular weight excluding hydrogens is 344 g/mol. The Hall–Kier alpha value is -1.35. The molecule has 0 bridgehead atoms. The summed E-state index contributed by atoms with van der Waals surface area (Å²) in [5.74, 6) is 3.16. The summed E-state index contributed by atoms with van der Waals surface area (Å²) >= 11 is 0. The number of nitrogens with zero attached hydrogens (tertiary/aromatic N) is 2. The van der Waals surface area contributed by atoms with E-state index in [1.54, 1.807) is 0 Å². The number of pyridine rings is 1. The summed E-state index contributed by atoms with van der Waals surface area (Å²) < 4.78 is 2.39. The fraction of sp³-hybridized carbons (Fsp3) is 0.720. The van der Waals surface area contributed by atoms with Crippen LogP contribution in [0, 0.1) is 41.4 Å². The summed E-state index contributed by atoms with van der Waals surface area (Å²) in [5, 5.41) is 10.7. The molecular formula is C25H34N2O. The quantitative estimate of drug-likeness (QED) is 0.703. The summed E-state index contributed by atoms with van der Waals surface area (Å²) in [6, 6.07) is 4.38. The van der Waals surface area contributed by atoms with Crippen molar-refractivity contribution in [1.82, 2.24) is 9.38 Å². The van der Waals surface area contributed by atoms with Crippen LogP contribution in [0.5, 0.6) is 0 Å². The largest absolute Gasteiger partial charge is 0.393 e. The van der Waals surface area contributed by atoms with Crippen molar-refractivity contribution < 1.29 is 5.11 Å². The molecule has 28 heavy (non-hydrogen) atoms. The van der Waals surface area contributed by atoms with E-state index in [2.05, 4.69) is 43.5 Å². The smallest absolute Gasteiger partial charge is 0.137 e. The molecule has 0 aliphatic heterocycles. The van der Waals surface area contributed by atoms with E-state index < -0.39 is 0 Å². The zero-order chi connectivity index (χ0) is 19.3. The highest BCUT2D eigenvalue weighted by molar-refractivity contribution is 5.46. The molecule has 6 rings (SSSR count). The number of rotatable bonds is 0. The Balaban J connectivity index is 1.41. The van der Waals surface area contributed by atoms with Crippen molar-refractivity contribution in [3.05, 3.63) is 35.3 Å². The lowest BCUT2D eigenvalue weighted by atomic mass is 9.45. The number of imidazole rings is 1. The molecule has 2 aromatic heterocycles. The van der Waals surface area contributed by atoms with E-state index in [0.29, 0.717) is 5.41 Å².